The topological polar surface area (TPSA) is 99.1 Å². The van der Waals surface area contributed by atoms with Crippen LogP contribution < -0.4 is 0 Å². The zero-order valence-corrected chi connectivity index (χ0v) is 20.3. The number of hydrogen-bond donors (Lipinski definition) is 1. The molecule has 0 aromatic heterocycles. The van der Waals surface area contributed by atoms with Crippen molar-refractivity contribution in [2.24, 2.45) is 23.7 Å². The second-order valence-electron chi connectivity index (χ2n) is 10.2. The first-order chi connectivity index (χ1) is 15.5. The molecule has 1 N–H and O–H groups in total. The fourth-order valence-electron chi connectivity index (χ4n) is 6.00. The molecule has 33 heavy (non-hydrogen) atoms. The second kappa shape index (κ2) is 10.1. The number of ketones is 1. The molecule has 3 aliphatic rings. The smallest absolute Gasteiger partial charge is 0.348 e. The van der Waals surface area contributed by atoms with Gasteiger partial charge in [-0.15, -0.1) is 0 Å². The van der Waals surface area contributed by atoms with Gasteiger partial charge in [-0.05, 0) is 50.0 Å². The summed E-state index contributed by atoms with van der Waals surface area (Å²) in [6, 6.07) is 0. The van der Waals surface area contributed by atoms with Gasteiger partial charge in [0.2, 0.25) is 0 Å². The van der Waals surface area contributed by atoms with Gasteiger partial charge in [0, 0.05) is 38.2 Å². The third-order valence-electron chi connectivity index (χ3n) is 7.84. The van der Waals surface area contributed by atoms with Gasteiger partial charge in [-0.1, -0.05) is 32.6 Å². The van der Waals surface area contributed by atoms with Gasteiger partial charge in [0.05, 0.1) is 6.10 Å². The van der Waals surface area contributed by atoms with Crippen LogP contribution in [0.25, 0.3) is 0 Å². The highest BCUT2D eigenvalue weighted by atomic mass is 16.6. The number of rotatable bonds is 6. The Labute approximate surface area is 196 Å². The van der Waals surface area contributed by atoms with Gasteiger partial charge in [0.1, 0.15) is 11.7 Å². The van der Waals surface area contributed by atoms with Gasteiger partial charge in [-0.2, -0.15) is 0 Å². The molecule has 2 aliphatic heterocycles. The minimum absolute atomic E-state index is 0.00105. The predicted molar refractivity (Wildman–Crippen MR) is 122 cm³/mol. The molecule has 1 saturated carbocycles. The van der Waals surface area contributed by atoms with Crippen LogP contribution in [0.5, 0.6) is 0 Å². The molecule has 7 nitrogen and oxygen atoms in total. The van der Waals surface area contributed by atoms with E-state index in [1.54, 1.807) is 6.92 Å². The SMILES string of the molecule is C=C1CC2OC(C3C(C(C)CO)CCC(=C)C23)C(C)(OC(=O)C(CC)OC(C)=O)CCC1=O. The molecular weight excluding hydrogens is 424 g/mol. The molecule has 0 radical (unpaired) electrons. The molecule has 0 spiro atoms. The number of carbonyl (C=O) groups excluding carboxylic acids is 3. The normalized spacial score (nSPS) is 36.2. The summed E-state index contributed by atoms with van der Waals surface area (Å²) in [4.78, 5) is 37.3. The maximum atomic E-state index is 13.1. The number of esters is 2. The van der Waals surface area contributed by atoms with Crippen LogP contribution in [0.15, 0.2) is 24.3 Å². The Morgan fingerprint density at radius 2 is 2.00 bits per heavy atom. The Bertz CT molecular complexity index is 817. The lowest BCUT2D eigenvalue weighted by Crippen LogP contribution is -2.52. The van der Waals surface area contributed by atoms with Gasteiger partial charge < -0.3 is 19.3 Å². The summed E-state index contributed by atoms with van der Waals surface area (Å²) in [5.74, 6) is -1.04. The Morgan fingerprint density at radius 3 is 2.61 bits per heavy atom. The van der Waals surface area contributed by atoms with E-state index in [1.807, 2.05) is 13.8 Å². The largest absolute Gasteiger partial charge is 0.454 e. The van der Waals surface area contributed by atoms with E-state index in [9.17, 15) is 19.5 Å². The fourth-order valence-corrected chi connectivity index (χ4v) is 6.00. The highest BCUT2D eigenvalue weighted by molar-refractivity contribution is 5.94. The molecule has 1 aliphatic carbocycles. The summed E-state index contributed by atoms with van der Waals surface area (Å²) in [6.07, 6.45) is 1.13. The average Bonchev–Trinajstić information content (AvgIpc) is 3.16. The molecule has 0 aromatic carbocycles. The minimum Gasteiger partial charge on any atom is -0.454 e. The van der Waals surface area contributed by atoms with E-state index in [2.05, 4.69) is 13.2 Å². The van der Waals surface area contributed by atoms with Crippen molar-refractivity contribution in [3.63, 3.8) is 0 Å². The molecule has 2 saturated heterocycles. The van der Waals surface area contributed by atoms with E-state index >= 15 is 0 Å². The number of Topliss-reactive ketones (excluding diaryl/α,β-unsaturated/α-hetero) is 1. The lowest BCUT2D eigenvalue weighted by Gasteiger charge is -2.45. The summed E-state index contributed by atoms with van der Waals surface area (Å²) < 4.78 is 17.8. The molecule has 184 valence electrons. The molecule has 8 atom stereocenters. The van der Waals surface area contributed by atoms with Gasteiger partial charge in [0.15, 0.2) is 11.9 Å². The van der Waals surface area contributed by atoms with Crippen LogP contribution in [0, 0.1) is 23.7 Å². The van der Waals surface area contributed by atoms with Crippen molar-refractivity contribution < 1.29 is 33.7 Å². The molecule has 3 rings (SSSR count). The Balaban J connectivity index is 2.02. The quantitative estimate of drug-likeness (QED) is 0.366. The van der Waals surface area contributed by atoms with Crippen molar-refractivity contribution in [2.45, 2.75) is 90.1 Å². The van der Waals surface area contributed by atoms with Gasteiger partial charge >= 0.3 is 11.9 Å². The monoisotopic (exact) mass is 462 g/mol. The van der Waals surface area contributed by atoms with Crippen LogP contribution in [0.3, 0.4) is 0 Å². The third kappa shape index (κ3) is 5.09. The number of aliphatic hydroxyl groups is 1. The molecule has 2 heterocycles. The Hall–Kier alpha value is -1.99. The number of hydrogen-bond acceptors (Lipinski definition) is 7. The van der Waals surface area contributed by atoms with Gasteiger partial charge in [-0.25, -0.2) is 4.79 Å². The maximum Gasteiger partial charge on any atom is 0.348 e. The zero-order chi connectivity index (χ0) is 24.5. The zero-order valence-electron chi connectivity index (χ0n) is 20.3. The Kier molecular flexibility index (Phi) is 7.84. The van der Waals surface area contributed by atoms with Crippen molar-refractivity contribution in [3.8, 4) is 0 Å². The number of fused-ring (bicyclic) bond motifs is 5. The first-order valence-corrected chi connectivity index (χ1v) is 12.1. The lowest BCUT2D eigenvalue weighted by atomic mass is 9.61. The van der Waals surface area contributed by atoms with Crippen LogP contribution in [0.4, 0.5) is 0 Å². The van der Waals surface area contributed by atoms with Crippen molar-refractivity contribution >= 4 is 17.7 Å². The van der Waals surface area contributed by atoms with Crippen LogP contribution in [-0.4, -0.2) is 53.3 Å². The third-order valence-corrected chi connectivity index (χ3v) is 7.84. The van der Waals surface area contributed by atoms with Crippen LogP contribution in [-0.2, 0) is 28.6 Å². The van der Waals surface area contributed by atoms with Crippen LogP contribution in [0.2, 0.25) is 0 Å². The van der Waals surface area contributed by atoms with Gasteiger partial charge in [0.25, 0.3) is 0 Å². The highest BCUT2D eigenvalue weighted by Gasteiger charge is 2.59. The van der Waals surface area contributed by atoms with Crippen molar-refractivity contribution in [1.29, 1.82) is 0 Å². The van der Waals surface area contributed by atoms with Crippen LogP contribution in [0.1, 0.15) is 66.2 Å². The second-order valence-corrected chi connectivity index (χ2v) is 10.2. The van der Waals surface area contributed by atoms with Crippen molar-refractivity contribution in [2.75, 3.05) is 6.61 Å². The first-order valence-electron chi connectivity index (χ1n) is 12.1. The molecule has 0 amide bonds. The van der Waals surface area contributed by atoms with E-state index in [0.29, 0.717) is 12.0 Å². The average molecular weight is 463 g/mol. The number of ether oxygens (including phenoxy) is 3. The standard InChI is InChI=1S/C26H38O7/c1-7-20(31-17(5)28)25(30)33-26(6)11-10-19(29)15(3)12-21-22-14(2)8-9-18(16(4)13-27)23(22)24(26)32-21/h16,18,20-24,27H,2-3,7-13H2,1,4-6H3. The molecule has 3 fully saturated rings. The van der Waals surface area contributed by atoms with E-state index in [1.165, 1.54) is 6.92 Å². The lowest BCUT2D eigenvalue weighted by molar-refractivity contribution is -0.194. The summed E-state index contributed by atoms with van der Waals surface area (Å²) in [5, 5.41) is 9.95. The highest BCUT2D eigenvalue weighted by Crippen LogP contribution is 2.55. The molecule has 0 aromatic rings. The summed E-state index contributed by atoms with van der Waals surface area (Å²) in [5.41, 5.74) is 0.495. The molecular formula is C26H38O7. The van der Waals surface area contributed by atoms with Crippen molar-refractivity contribution in [3.05, 3.63) is 24.3 Å². The maximum absolute atomic E-state index is 13.1. The van der Waals surface area contributed by atoms with Crippen LogP contribution >= 0.6 is 0 Å². The van der Waals surface area contributed by atoms with E-state index in [-0.39, 0.29) is 61.4 Å². The predicted octanol–water partition coefficient (Wildman–Crippen LogP) is 3.53. The molecule has 2 bridgehead atoms. The fraction of sp³-hybridized carbons (Fsp3) is 0.731. The Morgan fingerprint density at radius 1 is 1.30 bits per heavy atom. The van der Waals surface area contributed by atoms with E-state index < -0.39 is 29.7 Å². The first kappa shape index (κ1) is 25.6. The minimum atomic E-state index is -1.10. The summed E-state index contributed by atoms with van der Waals surface area (Å²) in [7, 11) is 0. The number of aliphatic hydroxyl groups excluding tert-OH is 1. The summed E-state index contributed by atoms with van der Waals surface area (Å²) in [6.45, 7) is 15.2. The van der Waals surface area contributed by atoms with Gasteiger partial charge in [-0.3, -0.25) is 9.59 Å². The summed E-state index contributed by atoms with van der Waals surface area (Å²) >= 11 is 0. The molecule has 8 unspecified atom stereocenters. The van der Waals surface area contributed by atoms with E-state index in [4.69, 9.17) is 14.2 Å². The van der Waals surface area contributed by atoms with Crippen molar-refractivity contribution in [1.82, 2.24) is 0 Å². The number of carbonyl (C=O) groups is 3. The van der Waals surface area contributed by atoms with E-state index in [0.717, 1.165) is 18.4 Å². The molecule has 7 heteroatoms.